The van der Waals surface area contributed by atoms with E-state index in [0.29, 0.717) is 56.4 Å². The molecule has 2 aliphatic rings. The Balaban J connectivity index is 1.36. The van der Waals surface area contributed by atoms with Crippen LogP contribution in [-0.2, 0) is 25.7 Å². The number of nitrogens with zero attached hydrogens (tertiary/aromatic N) is 2. The van der Waals surface area contributed by atoms with Gasteiger partial charge in [-0.1, -0.05) is 34.8 Å². The average molecular weight is 721 g/mol. The third-order valence-corrected chi connectivity index (χ3v) is 11.7. The van der Waals surface area contributed by atoms with Gasteiger partial charge in [0.15, 0.2) is 11.4 Å². The van der Waals surface area contributed by atoms with Crippen LogP contribution in [0.3, 0.4) is 0 Å². The minimum Gasteiger partial charge on any atom is -0.480 e. The fourth-order valence-corrected chi connectivity index (χ4v) is 8.96. The zero-order chi connectivity index (χ0) is 32.3. The molecule has 4 rings (SSSR count). The molecule has 1 aromatic carbocycles. The van der Waals surface area contributed by atoms with Crippen molar-refractivity contribution >= 4 is 93.8 Å². The predicted octanol–water partition coefficient (Wildman–Crippen LogP) is 4.37. The van der Waals surface area contributed by atoms with Gasteiger partial charge in [-0.2, -0.15) is 0 Å². The maximum absolute atomic E-state index is 13.1. The summed E-state index contributed by atoms with van der Waals surface area (Å²) in [5.74, 6) is -2.31. The minimum absolute atomic E-state index is 0.0197. The first kappa shape index (κ1) is 34.7. The zero-order valence-electron chi connectivity index (χ0n) is 23.6. The number of aromatic nitrogens is 1. The largest absolute Gasteiger partial charge is 0.480 e. The molecule has 236 valence electrons. The molecule has 2 amide bonds. The first-order chi connectivity index (χ1) is 20.8. The molecule has 2 aliphatic heterocycles. The molecule has 3 heterocycles. The van der Waals surface area contributed by atoms with Crippen LogP contribution in [0.4, 0.5) is 0 Å². The summed E-state index contributed by atoms with van der Waals surface area (Å²) in [5.41, 5.74) is 8.17. The lowest BCUT2D eigenvalue weighted by molar-refractivity contribution is -0.709. The Labute approximate surface area is 282 Å². The number of thioether (sulfide) groups is 3. The Morgan fingerprint density at radius 3 is 2.39 bits per heavy atom. The summed E-state index contributed by atoms with van der Waals surface area (Å²) in [7, 11) is 0. The Kier molecular flexibility index (Phi) is 11.8. The van der Waals surface area contributed by atoms with Gasteiger partial charge in [0.2, 0.25) is 5.91 Å². The number of hydrogen-bond acceptors (Lipinski definition) is 8. The Hall–Kier alpha value is -2.13. The summed E-state index contributed by atoms with van der Waals surface area (Å²) < 4.78 is 2.09. The highest BCUT2D eigenvalue weighted by atomic mass is 35.5. The van der Waals surface area contributed by atoms with Crippen molar-refractivity contribution in [2.75, 3.05) is 17.3 Å². The number of nitrogens with one attached hydrogen (secondary N) is 1. The van der Waals surface area contributed by atoms with Crippen molar-refractivity contribution in [2.45, 2.75) is 60.5 Å². The number of carboxylic acid groups (broad SMARTS) is 2. The normalized spacial score (nSPS) is 18.5. The minimum atomic E-state index is -1.19. The zero-order valence-corrected chi connectivity index (χ0v) is 28.4. The van der Waals surface area contributed by atoms with Crippen molar-refractivity contribution in [2.24, 2.45) is 5.73 Å². The van der Waals surface area contributed by atoms with Gasteiger partial charge in [-0.25, -0.2) is 9.36 Å². The number of aliphatic carboxylic acids is 2. The number of nitrogens with two attached hydrogens (primary N) is 1. The number of carbonyl (C=O) groups excluding carboxylic acids is 2. The lowest BCUT2D eigenvalue weighted by Crippen LogP contribution is -2.70. The molecule has 44 heavy (non-hydrogen) atoms. The molecular weight excluding hydrogens is 691 g/mol. The number of benzene rings is 1. The SMILES string of the molecule is Cc1cc(SCC2=C(C(=O)O)N3C(=O)[C@@H](NC(=O)CSc4cc(Cl)c(Cl)cc4Cl)[C@H]3SC2)cc(C)[n+]1CCC[C@H](N)C(=O)O. The number of fused-ring (bicyclic) bond motifs is 1. The monoisotopic (exact) mass is 719 g/mol. The highest BCUT2D eigenvalue weighted by Gasteiger charge is 2.54. The predicted molar refractivity (Wildman–Crippen MR) is 174 cm³/mol. The second-order valence-electron chi connectivity index (χ2n) is 10.2. The van der Waals surface area contributed by atoms with Gasteiger partial charge in [0.05, 0.1) is 20.8 Å². The van der Waals surface area contributed by atoms with Gasteiger partial charge in [0.1, 0.15) is 29.7 Å². The van der Waals surface area contributed by atoms with E-state index in [1.807, 2.05) is 26.0 Å². The van der Waals surface area contributed by atoms with Gasteiger partial charge in [0.25, 0.3) is 5.91 Å². The molecule has 0 aliphatic carbocycles. The molecule has 10 nitrogen and oxygen atoms in total. The van der Waals surface area contributed by atoms with Crippen molar-refractivity contribution in [3.63, 3.8) is 0 Å². The van der Waals surface area contributed by atoms with Crippen molar-refractivity contribution in [3.05, 3.63) is 62.0 Å². The maximum Gasteiger partial charge on any atom is 0.352 e. The molecule has 0 bridgehead atoms. The molecule has 0 unspecified atom stereocenters. The van der Waals surface area contributed by atoms with E-state index in [1.165, 1.54) is 34.5 Å². The Morgan fingerprint density at radius 1 is 1.09 bits per heavy atom. The smallest absolute Gasteiger partial charge is 0.352 e. The molecule has 5 N–H and O–H groups in total. The average Bonchev–Trinajstić information content (AvgIpc) is 2.96. The lowest BCUT2D eigenvalue weighted by Gasteiger charge is -2.49. The van der Waals surface area contributed by atoms with E-state index in [4.69, 9.17) is 45.6 Å². The quantitative estimate of drug-likeness (QED) is 0.102. The number of carbonyl (C=O) groups is 4. The van der Waals surface area contributed by atoms with Gasteiger partial charge in [0, 0.05) is 53.7 Å². The number of carboxylic acids is 2. The van der Waals surface area contributed by atoms with Crippen LogP contribution in [0.5, 0.6) is 0 Å². The number of rotatable bonds is 13. The highest BCUT2D eigenvalue weighted by molar-refractivity contribution is 8.01. The van der Waals surface area contributed by atoms with Crippen molar-refractivity contribution in [1.29, 1.82) is 0 Å². The molecular formula is C28H30Cl3N4O6S3+. The van der Waals surface area contributed by atoms with E-state index in [1.54, 1.807) is 6.07 Å². The van der Waals surface area contributed by atoms with Crippen LogP contribution in [-0.4, -0.2) is 73.6 Å². The van der Waals surface area contributed by atoms with E-state index >= 15 is 0 Å². The molecule has 3 atom stereocenters. The first-order valence-electron chi connectivity index (χ1n) is 13.4. The molecule has 1 aromatic heterocycles. The van der Waals surface area contributed by atoms with Crippen molar-refractivity contribution in [3.8, 4) is 0 Å². The summed E-state index contributed by atoms with van der Waals surface area (Å²) in [6.07, 6.45) is 0.990. The van der Waals surface area contributed by atoms with Crippen molar-refractivity contribution < 1.29 is 34.0 Å². The fraction of sp³-hybridized carbons (Fsp3) is 0.393. The third-order valence-electron chi connectivity index (χ3n) is 7.08. The summed E-state index contributed by atoms with van der Waals surface area (Å²) >= 11 is 22.2. The fourth-order valence-electron chi connectivity index (χ4n) is 4.85. The maximum atomic E-state index is 13.1. The van der Waals surface area contributed by atoms with Gasteiger partial charge in [-0.05, 0) is 24.1 Å². The topological polar surface area (TPSA) is 154 Å². The third kappa shape index (κ3) is 7.98. The van der Waals surface area contributed by atoms with Crippen LogP contribution in [0.2, 0.25) is 15.1 Å². The summed E-state index contributed by atoms with van der Waals surface area (Å²) in [5, 5.41) is 22.2. The van der Waals surface area contributed by atoms with E-state index in [2.05, 4.69) is 9.88 Å². The van der Waals surface area contributed by atoms with Crippen LogP contribution in [0, 0.1) is 13.8 Å². The molecule has 1 fully saturated rings. The van der Waals surface area contributed by atoms with Crippen LogP contribution >= 0.6 is 70.1 Å². The van der Waals surface area contributed by atoms with Gasteiger partial charge < -0.3 is 21.3 Å². The molecule has 0 spiro atoms. The number of amides is 2. The lowest BCUT2D eigenvalue weighted by atomic mass is 10.0. The number of hydrogen-bond donors (Lipinski definition) is 4. The van der Waals surface area contributed by atoms with Gasteiger partial charge in [-0.3, -0.25) is 19.3 Å². The van der Waals surface area contributed by atoms with Crippen molar-refractivity contribution in [1.82, 2.24) is 10.2 Å². The van der Waals surface area contributed by atoms with Crippen LogP contribution in [0.15, 0.2) is 45.3 Å². The summed E-state index contributed by atoms with van der Waals surface area (Å²) in [6, 6.07) is 5.34. The van der Waals surface area contributed by atoms with E-state index in [-0.39, 0.29) is 11.4 Å². The Bertz CT molecular complexity index is 1520. The van der Waals surface area contributed by atoms with E-state index < -0.39 is 41.2 Å². The molecule has 16 heteroatoms. The molecule has 2 aromatic rings. The number of pyridine rings is 1. The second-order valence-corrected chi connectivity index (χ2v) is 14.6. The van der Waals surface area contributed by atoms with Crippen LogP contribution in [0.1, 0.15) is 24.2 Å². The standard InChI is InChI=1S/C28H29Cl3N4O6S3/c1-13-6-16(7-14(2)34(13)5-3-4-20(32)27(38)39)42-10-15-11-44-26-23(25(37)35(26)24(15)28(40)41)33-22(36)12-43-21-9-18(30)17(29)8-19(21)31/h6-9,20,23,26H,3-5,10-12,32H2,1-2H3,(H2-,33,36,38,39,40,41)/p+1/t20-,23+,26+/m0/s1. The second kappa shape index (κ2) is 15.0. The summed E-state index contributed by atoms with van der Waals surface area (Å²) in [6.45, 7) is 4.55. The number of β-lactam (4-membered cyclic amide) rings is 1. The molecule has 1 saturated heterocycles. The molecule has 0 radical (unpaired) electrons. The van der Waals surface area contributed by atoms with E-state index in [0.717, 1.165) is 28.0 Å². The summed E-state index contributed by atoms with van der Waals surface area (Å²) in [4.78, 5) is 51.8. The van der Waals surface area contributed by atoms with Crippen LogP contribution < -0.4 is 15.6 Å². The number of halogens is 3. The molecule has 0 saturated carbocycles. The van der Waals surface area contributed by atoms with Gasteiger partial charge >= 0.3 is 11.9 Å². The number of aryl methyl sites for hydroxylation is 2. The van der Waals surface area contributed by atoms with Crippen LogP contribution in [0.25, 0.3) is 0 Å². The van der Waals surface area contributed by atoms with Gasteiger partial charge in [-0.15, -0.1) is 35.3 Å². The van der Waals surface area contributed by atoms with E-state index in [9.17, 15) is 24.3 Å². The highest BCUT2D eigenvalue weighted by Crippen LogP contribution is 2.42. The Morgan fingerprint density at radius 2 is 1.75 bits per heavy atom. The first-order valence-corrected chi connectivity index (χ1v) is 17.5.